The molecule has 0 fully saturated rings. The van der Waals surface area contributed by atoms with Crippen molar-refractivity contribution in [2.24, 2.45) is 4.99 Å². The summed E-state index contributed by atoms with van der Waals surface area (Å²) in [5.41, 5.74) is 5.38. The zero-order chi connectivity index (χ0) is 27.7. The van der Waals surface area contributed by atoms with Crippen LogP contribution in [0.4, 0.5) is 17.1 Å². The van der Waals surface area contributed by atoms with Gasteiger partial charge in [-0.2, -0.15) is 0 Å². The molecule has 2 heterocycles. The number of H-pyrrole nitrogens is 1. The van der Waals surface area contributed by atoms with Crippen LogP contribution in [0, 0.1) is 0 Å². The molecule has 9 heteroatoms. The van der Waals surface area contributed by atoms with Crippen LogP contribution in [0.15, 0.2) is 77.9 Å². The average molecular weight is 524 g/mol. The number of hydrogen-bond acceptors (Lipinski definition) is 6. The summed E-state index contributed by atoms with van der Waals surface area (Å²) >= 11 is 0. The molecule has 0 saturated carbocycles. The first kappa shape index (κ1) is 25.9. The first-order chi connectivity index (χ1) is 18.7. The van der Waals surface area contributed by atoms with Crippen molar-refractivity contribution in [2.45, 2.75) is 5.92 Å². The third kappa shape index (κ3) is 5.17. The van der Waals surface area contributed by atoms with E-state index in [1.807, 2.05) is 73.7 Å². The molecule has 0 bridgehead atoms. The first-order valence-corrected chi connectivity index (χ1v) is 12.5. The minimum Gasteiger partial charge on any atom is -0.465 e. The number of carbonyl (C=O) groups is 3. The Morgan fingerprint density at radius 1 is 0.949 bits per heavy atom. The van der Waals surface area contributed by atoms with Crippen molar-refractivity contribution in [1.29, 1.82) is 0 Å². The summed E-state index contributed by atoms with van der Waals surface area (Å²) in [6.07, 6.45) is 1.87. The van der Waals surface area contributed by atoms with Gasteiger partial charge in [0.05, 0.1) is 30.6 Å². The SMILES string of the molecule is COC(=O)c1ccc2c(c1)NC(=O)C2C(=Nc1ccc(N(C)C(=O)CN(C)C)cc1)c1ccc2[nH]ccc2c1. The van der Waals surface area contributed by atoms with Gasteiger partial charge in [0.15, 0.2) is 0 Å². The monoisotopic (exact) mass is 523 g/mol. The molecule has 0 spiro atoms. The smallest absolute Gasteiger partial charge is 0.337 e. The molecule has 0 radical (unpaired) electrons. The van der Waals surface area contributed by atoms with Gasteiger partial charge >= 0.3 is 5.97 Å². The van der Waals surface area contributed by atoms with E-state index in [0.717, 1.165) is 27.7 Å². The molecule has 0 saturated heterocycles. The Hall–Kier alpha value is -4.76. The van der Waals surface area contributed by atoms with Crippen LogP contribution >= 0.6 is 0 Å². The summed E-state index contributed by atoms with van der Waals surface area (Å²) in [7, 11) is 6.76. The molecule has 1 unspecified atom stereocenters. The maximum atomic E-state index is 13.3. The van der Waals surface area contributed by atoms with E-state index in [1.165, 1.54) is 7.11 Å². The second kappa shape index (κ2) is 10.5. The molecular formula is C30H29N5O4. The zero-order valence-electron chi connectivity index (χ0n) is 22.2. The first-order valence-electron chi connectivity index (χ1n) is 12.5. The Morgan fingerprint density at radius 2 is 1.69 bits per heavy atom. The van der Waals surface area contributed by atoms with Gasteiger partial charge in [-0.05, 0) is 79.8 Å². The van der Waals surface area contributed by atoms with Gasteiger partial charge in [-0.25, -0.2) is 4.79 Å². The highest BCUT2D eigenvalue weighted by atomic mass is 16.5. The second-order valence-electron chi connectivity index (χ2n) is 9.70. The second-order valence-corrected chi connectivity index (χ2v) is 9.70. The number of esters is 1. The van der Waals surface area contributed by atoms with E-state index in [2.05, 4.69) is 10.3 Å². The molecule has 39 heavy (non-hydrogen) atoms. The standard InChI is InChI=1S/C30H29N5O4/c1-34(2)17-26(36)35(3)22-9-7-21(8-10-22)32-28(19-6-12-24-18(15-19)13-14-31-24)27-23-11-5-20(30(38)39-4)16-25(23)33-29(27)37/h5-16,27,31H,17H2,1-4H3,(H,33,37). The molecular weight excluding hydrogens is 494 g/mol. The lowest BCUT2D eigenvalue weighted by molar-refractivity contribution is -0.119. The zero-order valence-corrected chi connectivity index (χ0v) is 22.2. The molecule has 9 nitrogen and oxygen atoms in total. The average Bonchev–Trinajstić information content (AvgIpc) is 3.53. The fraction of sp³-hybridized carbons (Fsp3) is 0.200. The van der Waals surface area contributed by atoms with Gasteiger partial charge in [0.1, 0.15) is 5.92 Å². The van der Waals surface area contributed by atoms with E-state index in [9.17, 15) is 14.4 Å². The number of fused-ring (bicyclic) bond motifs is 2. The van der Waals surface area contributed by atoms with Crippen LogP contribution < -0.4 is 10.2 Å². The maximum Gasteiger partial charge on any atom is 0.337 e. The van der Waals surface area contributed by atoms with Gasteiger partial charge < -0.3 is 24.8 Å². The number of benzene rings is 3. The number of methoxy groups -OCH3 is 1. The number of aromatic nitrogens is 1. The van der Waals surface area contributed by atoms with E-state index in [1.54, 1.807) is 30.1 Å². The number of aliphatic imine (C=N–C) groups is 1. The number of nitrogens with zero attached hydrogens (tertiary/aromatic N) is 3. The van der Waals surface area contributed by atoms with Crippen LogP contribution in [0.5, 0.6) is 0 Å². The van der Waals surface area contributed by atoms with Crippen molar-refractivity contribution in [2.75, 3.05) is 45.0 Å². The molecule has 2 N–H and O–H groups in total. The highest BCUT2D eigenvalue weighted by Crippen LogP contribution is 2.37. The van der Waals surface area contributed by atoms with Crippen molar-refractivity contribution in [1.82, 2.24) is 9.88 Å². The van der Waals surface area contributed by atoms with Gasteiger partial charge in [0, 0.05) is 35.5 Å². The van der Waals surface area contributed by atoms with Crippen molar-refractivity contribution in [3.05, 3.63) is 89.6 Å². The molecule has 1 aromatic heterocycles. The minimum absolute atomic E-state index is 0.0256. The molecule has 4 aromatic rings. The molecule has 198 valence electrons. The Balaban J connectivity index is 1.56. The predicted molar refractivity (Wildman–Crippen MR) is 152 cm³/mol. The van der Waals surface area contributed by atoms with E-state index < -0.39 is 11.9 Å². The molecule has 5 rings (SSSR count). The number of ether oxygens (including phenoxy) is 1. The molecule has 1 aliphatic heterocycles. The van der Waals surface area contributed by atoms with Gasteiger partial charge in [0.25, 0.3) is 0 Å². The Morgan fingerprint density at radius 3 is 2.41 bits per heavy atom. The van der Waals surface area contributed by atoms with Crippen LogP contribution in [0.1, 0.15) is 27.4 Å². The summed E-state index contributed by atoms with van der Waals surface area (Å²) in [4.78, 5) is 49.5. The topological polar surface area (TPSA) is 107 Å². The number of anilines is 2. The van der Waals surface area contributed by atoms with E-state index in [4.69, 9.17) is 9.73 Å². The van der Waals surface area contributed by atoms with Gasteiger partial charge in [-0.1, -0.05) is 12.1 Å². The van der Waals surface area contributed by atoms with Gasteiger partial charge in [-0.3, -0.25) is 14.6 Å². The van der Waals surface area contributed by atoms with Crippen LogP contribution in [0.3, 0.4) is 0 Å². The third-order valence-corrected chi connectivity index (χ3v) is 6.74. The molecule has 1 atom stereocenters. The number of rotatable bonds is 7. The van der Waals surface area contributed by atoms with E-state index in [0.29, 0.717) is 29.2 Å². The Kier molecular flexibility index (Phi) is 7.00. The fourth-order valence-corrected chi connectivity index (χ4v) is 4.70. The van der Waals surface area contributed by atoms with Crippen molar-refractivity contribution in [3.8, 4) is 0 Å². The Bertz CT molecular complexity index is 1600. The molecule has 0 aliphatic carbocycles. The Labute approximate surface area is 226 Å². The number of carbonyl (C=O) groups excluding carboxylic acids is 3. The van der Waals surface area contributed by atoms with Crippen LogP contribution in [-0.4, -0.2) is 68.2 Å². The maximum absolute atomic E-state index is 13.3. The van der Waals surface area contributed by atoms with Crippen molar-refractivity contribution in [3.63, 3.8) is 0 Å². The van der Waals surface area contributed by atoms with Crippen LogP contribution in [0.2, 0.25) is 0 Å². The summed E-state index contributed by atoms with van der Waals surface area (Å²) in [6.45, 7) is 0.302. The minimum atomic E-state index is -0.688. The highest BCUT2D eigenvalue weighted by molar-refractivity contribution is 6.24. The summed E-state index contributed by atoms with van der Waals surface area (Å²) in [5, 5.41) is 3.90. The van der Waals surface area contributed by atoms with E-state index in [-0.39, 0.29) is 11.8 Å². The number of hydrogen-bond donors (Lipinski definition) is 2. The molecule has 2 amide bonds. The lowest BCUT2D eigenvalue weighted by Crippen LogP contribution is -2.34. The lowest BCUT2D eigenvalue weighted by atomic mass is 9.89. The highest BCUT2D eigenvalue weighted by Gasteiger charge is 2.36. The third-order valence-electron chi connectivity index (χ3n) is 6.74. The molecule has 3 aromatic carbocycles. The summed E-state index contributed by atoms with van der Waals surface area (Å²) in [6, 6.07) is 20.3. The van der Waals surface area contributed by atoms with Crippen LogP contribution in [-0.2, 0) is 14.3 Å². The lowest BCUT2D eigenvalue weighted by Gasteiger charge is -2.20. The predicted octanol–water partition coefficient (Wildman–Crippen LogP) is 4.34. The number of nitrogens with one attached hydrogen (secondary N) is 2. The van der Waals surface area contributed by atoms with Crippen molar-refractivity contribution >= 4 is 51.5 Å². The summed E-state index contributed by atoms with van der Waals surface area (Å²) in [5.74, 6) is -1.42. The van der Waals surface area contributed by atoms with Gasteiger partial charge in [-0.15, -0.1) is 0 Å². The number of amides is 2. The van der Waals surface area contributed by atoms with Gasteiger partial charge in [0.2, 0.25) is 11.8 Å². The van der Waals surface area contributed by atoms with Crippen LogP contribution in [0.25, 0.3) is 10.9 Å². The number of likely N-dealkylation sites (N-methyl/N-ethyl adjacent to an activating group) is 2. The fourth-order valence-electron chi connectivity index (χ4n) is 4.70. The molecule has 1 aliphatic rings. The quantitative estimate of drug-likeness (QED) is 0.277. The normalized spacial score (nSPS) is 14.8. The van der Waals surface area contributed by atoms with Crippen molar-refractivity contribution < 1.29 is 19.1 Å². The summed E-state index contributed by atoms with van der Waals surface area (Å²) < 4.78 is 4.83. The number of aromatic amines is 1. The largest absolute Gasteiger partial charge is 0.465 e. The van der Waals surface area contributed by atoms with E-state index >= 15 is 0 Å².